The molecule has 0 radical (unpaired) electrons. The first-order valence-electron chi connectivity index (χ1n) is 8.24. The van der Waals surface area contributed by atoms with Crippen molar-refractivity contribution >= 4 is 17.6 Å². The number of benzene rings is 2. The van der Waals surface area contributed by atoms with Crippen LogP contribution in [-0.4, -0.2) is 25.6 Å². The molecule has 0 aliphatic heterocycles. The Kier molecular flexibility index (Phi) is 6.57. The minimum Gasteiger partial charge on any atom is -0.484 e. The molecule has 0 bridgehead atoms. The second-order valence-electron chi connectivity index (χ2n) is 5.78. The number of hydrogen-bond acceptors (Lipinski definition) is 4. The van der Waals surface area contributed by atoms with E-state index in [0.29, 0.717) is 22.9 Å². The number of rotatable bonds is 7. The number of nitrogens with one attached hydrogen (secondary N) is 1. The highest BCUT2D eigenvalue weighted by Crippen LogP contribution is 2.21. The van der Waals surface area contributed by atoms with Gasteiger partial charge in [0.15, 0.2) is 6.61 Å². The summed E-state index contributed by atoms with van der Waals surface area (Å²) in [6.07, 6.45) is 1.08. The molecule has 1 unspecified atom stereocenters. The highest BCUT2D eigenvalue weighted by Gasteiger charge is 2.08. The van der Waals surface area contributed by atoms with Gasteiger partial charge in [0, 0.05) is 5.69 Å². The summed E-state index contributed by atoms with van der Waals surface area (Å²) < 4.78 is 10.1. The van der Waals surface area contributed by atoms with Crippen LogP contribution in [-0.2, 0) is 9.53 Å². The molecule has 0 aromatic heterocycles. The van der Waals surface area contributed by atoms with E-state index in [1.54, 1.807) is 24.3 Å². The quantitative estimate of drug-likeness (QED) is 0.773. The molecule has 132 valence electrons. The number of anilines is 1. The molecule has 1 N–H and O–H groups in total. The molecule has 0 fully saturated rings. The zero-order valence-corrected chi connectivity index (χ0v) is 14.7. The zero-order chi connectivity index (χ0) is 18.2. The third kappa shape index (κ3) is 5.35. The van der Waals surface area contributed by atoms with E-state index in [1.807, 2.05) is 24.3 Å². The normalized spacial score (nSPS) is 11.5. The van der Waals surface area contributed by atoms with Gasteiger partial charge in [0.25, 0.3) is 5.91 Å². The van der Waals surface area contributed by atoms with Crippen LogP contribution in [0.15, 0.2) is 48.5 Å². The first-order valence-corrected chi connectivity index (χ1v) is 8.24. The Bertz CT molecular complexity index is 707. The van der Waals surface area contributed by atoms with Crippen molar-refractivity contribution in [3.63, 3.8) is 0 Å². The third-order valence-corrected chi connectivity index (χ3v) is 4.02. The fraction of sp³-hybridized carbons (Fsp3) is 0.300. The molecule has 0 aliphatic rings. The Morgan fingerprint density at radius 3 is 2.24 bits per heavy atom. The Morgan fingerprint density at radius 2 is 1.68 bits per heavy atom. The zero-order valence-electron chi connectivity index (χ0n) is 14.7. The third-order valence-electron chi connectivity index (χ3n) is 4.02. The molecule has 2 rings (SSSR count). The van der Waals surface area contributed by atoms with E-state index in [0.717, 1.165) is 6.42 Å². The lowest BCUT2D eigenvalue weighted by molar-refractivity contribution is -0.118. The minimum atomic E-state index is -0.415. The summed E-state index contributed by atoms with van der Waals surface area (Å²) in [5.74, 6) is 0.479. The number of methoxy groups -OCH3 is 1. The largest absolute Gasteiger partial charge is 0.484 e. The standard InChI is InChI=1S/C20H23NO4/c1-4-14(2)15-7-11-18(12-8-15)25-13-19(22)21-17-9-5-16(6-10-17)20(23)24-3/h5-12,14H,4,13H2,1-3H3,(H,21,22). The fourth-order valence-electron chi connectivity index (χ4n) is 2.28. The summed E-state index contributed by atoms with van der Waals surface area (Å²) in [5.41, 5.74) is 2.27. The molecule has 1 atom stereocenters. The summed E-state index contributed by atoms with van der Waals surface area (Å²) in [5, 5.41) is 2.72. The Hall–Kier alpha value is -2.82. The van der Waals surface area contributed by atoms with E-state index < -0.39 is 5.97 Å². The molecule has 25 heavy (non-hydrogen) atoms. The van der Waals surface area contributed by atoms with Gasteiger partial charge in [-0.05, 0) is 54.3 Å². The van der Waals surface area contributed by atoms with Crippen molar-refractivity contribution in [2.24, 2.45) is 0 Å². The summed E-state index contributed by atoms with van der Waals surface area (Å²) in [6.45, 7) is 4.24. The molecule has 0 saturated heterocycles. The van der Waals surface area contributed by atoms with Crippen molar-refractivity contribution in [1.29, 1.82) is 0 Å². The molecular weight excluding hydrogens is 318 g/mol. The number of amides is 1. The number of esters is 1. The first-order chi connectivity index (χ1) is 12.0. The fourth-order valence-corrected chi connectivity index (χ4v) is 2.28. The first kappa shape index (κ1) is 18.5. The van der Waals surface area contributed by atoms with Crippen molar-refractivity contribution in [2.75, 3.05) is 19.0 Å². The SMILES string of the molecule is CCC(C)c1ccc(OCC(=O)Nc2ccc(C(=O)OC)cc2)cc1. The highest BCUT2D eigenvalue weighted by atomic mass is 16.5. The molecule has 0 aliphatic carbocycles. The van der Waals surface area contributed by atoms with E-state index in [1.165, 1.54) is 12.7 Å². The maximum absolute atomic E-state index is 12.0. The lowest BCUT2D eigenvalue weighted by Gasteiger charge is -2.11. The van der Waals surface area contributed by atoms with Crippen LogP contribution >= 0.6 is 0 Å². The molecular formula is C20H23NO4. The van der Waals surface area contributed by atoms with Crippen LogP contribution in [0.3, 0.4) is 0 Å². The summed E-state index contributed by atoms with van der Waals surface area (Å²) in [4.78, 5) is 23.3. The van der Waals surface area contributed by atoms with Gasteiger partial charge < -0.3 is 14.8 Å². The van der Waals surface area contributed by atoms with Crippen molar-refractivity contribution in [3.8, 4) is 5.75 Å². The lowest BCUT2D eigenvalue weighted by Crippen LogP contribution is -2.20. The van der Waals surface area contributed by atoms with Gasteiger partial charge in [-0.15, -0.1) is 0 Å². The molecule has 2 aromatic rings. The van der Waals surface area contributed by atoms with Crippen LogP contribution in [0.4, 0.5) is 5.69 Å². The Morgan fingerprint density at radius 1 is 1.04 bits per heavy atom. The smallest absolute Gasteiger partial charge is 0.337 e. The van der Waals surface area contributed by atoms with Crippen LogP contribution in [0, 0.1) is 0 Å². The molecule has 0 heterocycles. The summed E-state index contributed by atoms with van der Waals surface area (Å²) >= 11 is 0. The van der Waals surface area contributed by atoms with E-state index in [4.69, 9.17) is 4.74 Å². The van der Waals surface area contributed by atoms with E-state index in [9.17, 15) is 9.59 Å². The van der Waals surface area contributed by atoms with Gasteiger partial charge in [-0.1, -0.05) is 26.0 Å². The number of ether oxygens (including phenoxy) is 2. The molecule has 1 amide bonds. The van der Waals surface area contributed by atoms with Gasteiger partial charge >= 0.3 is 5.97 Å². The van der Waals surface area contributed by atoms with Crippen molar-refractivity contribution in [2.45, 2.75) is 26.2 Å². The number of carbonyl (C=O) groups excluding carboxylic acids is 2. The van der Waals surface area contributed by atoms with Crippen LogP contribution in [0.5, 0.6) is 5.75 Å². The van der Waals surface area contributed by atoms with Crippen molar-refractivity contribution in [3.05, 3.63) is 59.7 Å². The van der Waals surface area contributed by atoms with Crippen molar-refractivity contribution in [1.82, 2.24) is 0 Å². The predicted molar refractivity (Wildman–Crippen MR) is 97.1 cm³/mol. The van der Waals surface area contributed by atoms with E-state index in [-0.39, 0.29) is 12.5 Å². The monoisotopic (exact) mass is 341 g/mol. The van der Waals surface area contributed by atoms with Gasteiger partial charge in [0.1, 0.15) is 5.75 Å². The Balaban J connectivity index is 1.85. The van der Waals surface area contributed by atoms with Crippen LogP contribution < -0.4 is 10.1 Å². The van der Waals surface area contributed by atoms with Gasteiger partial charge in [0.2, 0.25) is 0 Å². The second kappa shape index (κ2) is 8.87. The summed E-state index contributed by atoms with van der Waals surface area (Å²) in [6, 6.07) is 14.3. The Labute approximate surface area is 148 Å². The average molecular weight is 341 g/mol. The van der Waals surface area contributed by atoms with Gasteiger partial charge in [0.05, 0.1) is 12.7 Å². The topological polar surface area (TPSA) is 64.6 Å². The van der Waals surface area contributed by atoms with Crippen LogP contribution in [0.1, 0.15) is 42.1 Å². The number of hydrogen-bond donors (Lipinski definition) is 1. The molecule has 0 saturated carbocycles. The van der Waals surface area contributed by atoms with Crippen LogP contribution in [0.2, 0.25) is 0 Å². The van der Waals surface area contributed by atoms with Gasteiger partial charge in [-0.3, -0.25) is 4.79 Å². The van der Waals surface area contributed by atoms with Crippen molar-refractivity contribution < 1.29 is 19.1 Å². The maximum Gasteiger partial charge on any atom is 0.337 e. The minimum absolute atomic E-state index is 0.0819. The van der Waals surface area contributed by atoms with Gasteiger partial charge in [-0.2, -0.15) is 0 Å². The maximum atomic E-state index is 12.0. The van der Waals surface area contributed by atoms with Crippen LogP contribution in [0.25, 0.3) is 0 Å². The molecule has 5 heteroatoms. The average Bonchev–Trinajstić information content (AvgIpc) is 2.66. The second-order valence-corrected chi connectivity index (χ2v) is 5.78. The van der Waals surface area contributed by atoms with Gasteiger partial charge in [-0.25, -0.2) is 4.79 Å². The number of carbonyl (C=O) groups is 2. The van der Waals surface area contributed by atoms with E-state index in [2.05, 4.69) is 23.9 Å². The van der Waals surface area contributed by atoms with E-state index >= 15 is 0 Å². The molecule has 0 spiro atoms. The molecule has 2 aromatic carbocycles. The molecule has 5 nitrogen and oxygen atoms in total. The lowest BCUT2D eigenvalue weighted by atomic mass is 9.99. The summed E-state index contributed by atoms with van der Waals surface area (Å²) in [7, 11) is 1.32. The predicted octanol–water partition coefficient (Wildman–Crippen LogP) is 4.00. The highest BCUT2D eigenvalue weighted by molar-refractivity contribution is 5.93.